The summed E-state index contributed by atoms with van der Waals surface area (Å²) < 4.78 is 29.4. The second kappa shape index (κ2) is 27.2. The van der Waals surface area contributed by atoms with E-state index in [1.165, 1.54) is 0 Å². The first-order valence-electron chi connectivity index (χ1n) is 38.3. The maximum Gasteiger partial charge on any atom is 0.257 e. The first kappa shape index (κ1) is 79.1. The molecule has 0 aromatic rings. The zero-order valence-corrected chi connectivity index (χ0v) is 65.2. The van der Waals surface area contributed by atoms with Gasteiger partial charge in [-0.3, -0.25) is 29.0 Å². The molecule has 554 valence electrons. The van der Waals surface area contributed by atoms with Gasteiger partial charge in [-0.05, 0) is 189 Å². The molecule has 7 atom stereocenters. The quantitative estimate of drug-likeness (QED) is 0.0493. The maximum atomic E-state index is 16.1. The number of aliphatic hydroxyl groups is 3. The van der Waals surface area contributed by atoms with E-state index in [0.29, 0.717) is 89.9 Å². The first-order valence-corrected chi connectivity index (χ1v) is 38.3. The van der Waals surface area contributed by atoms with Gasteiger partial charge in [0, 0.05) is 109 Å². The molecule has 4 spiro atoms. The van der Waals surface area contributed by atoms with E-state index in [1.54, 1.807) is 4.90 Å². The molecule has 8 heterocycles. The predicted octanol–water partition coefficient (Wildman–Crippen LogP) is 11.8. The van der Waals surface area contributed by atoms with Gasteiger partial charge in [-0.2, -0.15) is 0 Å². The van der Waals surface area contributed by atoms with Gasteiger partial charge in [0.25, 0.3) is 23.6 Å². The van der Waals surface area contributed by atoms with Crippen LogP contribution in [0.3, 0.4) is 0 Å². The molecule has 7 unspecified atom stereocenters. The summed E-state index contributed by atoms with van der Waals surface area (Å²) >= 11 is 0. The van der Waals surface area contributed by atoms with Crippen LogP contribution in [0.4, 0.5) is 0 Å². The van der Waals surface area contributed by atoms with E-state index in [2.05, 4.69) is 173 Å². The van der Waals surface area contributed by atoms with Crippen molar-refractivity contribution in [1.82, 2.24) is 40.0 Å². The van der Waals surface area contributed by atoms with Gasteiger partial charge in [0.05, 0.1) is 44.5 Å². The molecule has 19 heteroatoms. The van der Waals surface area contributed by atoms with Crippen LogP contribution in [0.5, 0.6) is 0 Å². The lowest BCUT2D eigenvalue weighted by Crippen LogP contribution is -2.69. The number of piperidine rings is 4. The number of hydrogen-bond donors (Lipinski definition) is 5. The van der Waals surface area contributed by atoms with E-state index >= 15 is 19.2 Å². The number of carbonyl (C=O) groups excluding carboxylic acids is 4. The van der Waals surface area contributed by atoms with Crippen LogP contribution in [0.2, 0.25) is 0 Å². The van der Waals surface area contributed by atoms with Crippen molar-refractivity contribution in [3.8, 4) is 0 Å². The molecule has 0 aromatic heterocycles. The van der Waals surface area contributed by atoms with E-state index < -0.39 is 85.8 Å². The number of unbranched alkanes of at least 4 members (excludes halogenated alkanes) is 4. The zero-order valence-electron chi connectivity index (χ0n) is 65.2. The highest BCUT2D eigenvalue weighted by Gasteiger charge is 2.70. The van der Waals surface area contributed by atoms with Crippen molar-refractivity contribution in [2.24, 2.45) is 0 Å². The molecule has 96 heavy (non-hydrogen) atoms. The summed E-state index contributed by atoms with van der Waals surface area (Å²) in [5.74, 6) is -0.409. The minimum Gasteiger partial charge on any atom is -0.390 e. The number of likely N-dealkylation sites (tertiary alicyclic amines) is 2. The summed E-state index contributed by atoms with van der Waals surface area (Å²) in [6, 6.07) is 0. The van der Waals surface area contributed by atoms with Gasteiger partial charge in [-0.15, -0.1) is 0 Å². The SMILES string of the molecule is CCCCC1(C)OC2(CC(C)(C)NC(C)(C)C2)C(=O)N1CC(O)CN1C(C)(C)CC2(CC1(C)C)OC(C)(CCCC)N(CC(O)CN1C(=O)C3(CC(C)(C)N(CC(O)CN4C(=O)C5(CC(C)(C)NC(C)(C)C5)OC4(CCC)CCCC)C(C)(C)C3)OC1(CCC)CCCC)C2=O. The van der Waals surface area contributed by atoms with Crippen LogP contribution in [0, 0.1) is 0 Å². The Balaban J connectivity index is 1.01. The third-order valence-corrected chi connectivity index (χ3v) is 23.8. The van der Waals surface area contributed by atoms with E-state index in [4.69, 9.17) is 18.9 Å². The average Bonchev–Trinajstić information content (AvgIpc) is 1.52. The number of nitrogens with zero attached hydrogens (tertiary/aromatic N) is 6. The van der Waals surface area contributed by atoms with Crippen LogP contribution >= 0.6 is 0 Å². The molecule has 0 saturated carbocycles. The van der Waals surface area contributed by atoms with Crippen LogP contribution in [-0.4, -0.2) is 216 Å². The van der Waals surface area contributed by atoms with Crippen molar-refractivity contribution in [1.29, 1.82) is 0 Å². The maximum absolute atomic E-state index is 16.1. The summed E-state index contributed by atoms with van der Waals surface area (Å²) in [7, 11) is 0. The molecular weight excluding hydrogens is 1210 g/mol. The fraction of sp³-hybridized carbons (Fsp3) is 0.948. The molecular formula is C77H140N8O11. The van der Waals surface area contributed by atoms with Crippen LogP contribution in [0.1, 0.15) is 320 Å². The summed E-state index contributed by atoms with van der Waals surface area (Å²) in [5.41, 5.74) is -12.5. The van der Waals surface area contributed by atoms with Crippen molar-refractivity contribution in [2.75, 3.05) is 39.3 Å². The van der Waals surface area contributed by atoms with Crippen molar-refractivity contribution < 1.29 is 53.4 Å². The highest BCUT2D eigenvalue weighted by Crippen LogP contribution is 2.58. The fourth-order valence-electron chi connectivity index (χ4n) is 22.1. The summed E-state index contributed by atoms with van der Waals surface area (Å²) in [6.07, 6.45) is 12.8. The van der Waals surface area contributed by atoms with Gasteiger partial charge in [0.2, 0.25) is 0 Å². The van der Waals surface area contributed by atoms with Gasteiger partial charge in [-0.25, -0.2) is 0 Å². The Morgan fingerprint density at radius 3 is 0.854 bits per heavy atom. The number of aliphatic hydroxyl groups excluding tert-OH is 3. The molecule has 0 bridgehead atoms. The largest absolute Gasteiger partial charge is 0.390 e. The second-order valence-electron chi connectivity index (χ2n) is 37.8. The lowest BCUT2D eigenvalue weighted by atomic mass is 9.70. The third-order valence-electron chi connectivity index (χ3n) is 23.8. The minimum atomic E-state index is -1.26. The van der Waals surface area contributed by atoms with Crippen molar-refractivity contribution >= 4 is 23.6 Å². The van der Waals surface area contributed by atoms with Gasteiger partial charge >= 0.3 is 0 Å². The molecule has 0 aliphatic carbocycles. The molecule has 8 fully saturated rings. The van der Waals surface area contributed by atoms with Gasteiger partial charge < -0.3 is 64.5 Å². The van der Waals surface area contributed by atoms with Crippen molar-refractivity contribution in [3.63, 3.8) is 0 Å². The highest BCUT2D eigenvalue weighted by molar-refractivity contribution is 5.91. The second-order valence-corrected chi connectivity index (χ2v) is 37.8. The molecule has 4 amide bonds. The molecule has 8 saturated heterocycles. The number of hydrogen-bond acceptors (Lipinski definition) is 15. The topological polar surface area (TPSA) is 209 Å². The van der Waals surface area contributed by atoms with Gasteiger partial charge in [-0.1, -0.05) is 80.1 Å². The molecule has 8 rings (SSSR count). The standard InChI is InChI=1S/C77H140N8O11/c1-25-31-37-70(23)81(58(89)72(93-70)47-62(7,8)78-63(9,10)48-72)42-56(87)45-84-66(15,16)51-74(52-67(84,17)18)59(90)80(71(24,94-74)38-32-26-2)41-55(86)43-82-61(92)75(96-77(82,36-30-6)40-34-28-4)53-68(19,20)85(69(21,22)54-75)46-57(88)44-83-60(91)73(49-64(11,12)79-65(13,14)50-73)95-76(83,35-29-5)39-33-27-3/h55-57,78-79,86-88H,25-54H2,1-24H3. The van der Waals surface area contributed by atoms with E-state index in [-0.39, 0.29) is 85.1 Å². The van der Waals surface area contributed by atoms with E-state index in [9.17, 15) is 15.3 Å². The highest BCUT2D eigenvalue weighted by atomic mass is 16.6. The Morgan fingerprint density at radius 1 is 0.323 bits per heavy atom. The monoisotopic (exact) mass is 1350 g/mol. The predicted molar refractivity (Wildman–Crippen MR) is 380 cm³/mol. The fourth-order valence-corrected chi connectivity index (χ4v) is 22.1. The molecule has 5 N–H and O–H groups in total. The molecule has 0 aromatic carbocycles. The number of nitrogens with one attached hydrogen (secondary N) is 2. The minimum absolute atomic E-state index is 0.0284. The Kier molecular flexibility index (Phi) is 22.5. The molecule has 8 aliphatic rings. The summed E-state index contributed by atoms with van der Waals surface area (Å²) in [5, 5.41) is 45.3. The Hall–Kier alpha value is -2.56. The number of amides is 4. The normalized spacial score (nSPS) is 33.0. The van der Waals surface area contributed by atoms with Crippen LogP contribution in [0.25, 0.3) is 0 Å². The third kappa shape index (κ3) is 15.3. The Morgan fingerprint density at radius 2 is 0.562 bits per heavy atom. The Labute approximate surface area is 582 Å². The summed E-state index contributed by atoms with van der Waals surface area (Å²) in [6.45, 7) is 51.7. The molecule has 0 radical (unpaired) electrons. The van der Waals surface area contributed by atoms with Crippen molar-refractivity contribution in [3.05, 3.63) is 0 Å². The molecule has 8 aliphatic heterocycles. The van der Waals surface area contributed by atoms with E-state index in [0.717, 1.165) is 64.2 Å². The number of ether oxygens (including phenoxy) is 4. The molecule has 19 nitrogen and oxygen atoms in total. The Bertz CT molecular complexity index is 2710. The number of β-amino-alcohol motifs (C(OH)–C–C–N with tert-alkyl or cyclic N) is 3. The smallest absolute Gasteiger partial charge is 0.257 e. The van der Waals surface area contributed by atoms with Crippen molar-refractivity contribution in [2.45, 2.75) is 428 Å². The summed E-state index contributed by atoms with van der Waals surface area (Å²) in [4.78, 5) is 74.3. The number of carbonyl (C=O) groups is 4. The average molecular weight is 1350 g/mol. The van der Waals surface area contributed by atoms with Gasteiger partial charge in [0.1, 0.15) is 22.9 Å². The van der Waals surface area contributed by atoms with Gasteiger partial charge in [0.15, 0.2) is 22.4 Å². The lowest BCUT2D eigenvalue weighted by Gasteiger charge is -2.58. The first-order chi connectivity index (χ1) is 44.0. The zero-order chi connectivity index (χ0) is 72.0. The van der Waals surface area contributed by atoms with Crippen LogP contribution < -0.4 is 10.6 Å². The van der Waals surface area contributed by atoms with E-state index in [1.807, 2.05) is 28.5 Å². The number of rotatable bonds is 28. The van der Waals surface area contributed by atoms with Crippen LogP contribution in [-0.2, 0) is 38.1 Å². The lowest BCUT2D eigenvalue weighted by molar-refractivity contribution is -0.206. The van der Waals surface area contributed by atoms with Crippen LogP contribution in [0.15, 0.2) is 0 Å².